The Kier molecular flexibility index (Phi) is 10.6. The van der Waals surface area contributed by atoms with Crippen molar-refractivity contribution in [2.45, 2.75) is 91.3 Å². The van der Waals surface area contributed by atoms with Crippen molar-refractivity contribution in [2.24, 2.45) is 5.92 Å². The van der Waals surface area contributed by atoms with E-state index in [1.54, 1.807) is 0 Å². The molecule has 0 aliphatic heterocycles. The number of hydrogen-bond acceptors (Lipinski definition) is 4. The Morgan fingerprint density at radius 1 is 0.909 bits per heavy atom. The van der Waals surface area contributed by atoms with Crippen molar-refractivity contribution >= 4 is 5.97 Å². The van der Waals surface area contributed by atoms with Crippen LogP contribution in [0.15, 0.2) is 60.7 Å². The minimum absolute atomic E-state index is 0.00386. The van der Waals surface area contributed by atoms with Gasteiger partial charge in [0.1, 0.15) is 0 Å². The normalized spacial score (nSPS) is 14.8. The summed E-state index contributed by atoms with van der Waals surface area (Å²) in [4.78, 5) is 19.8. The molecule has 0 radical (unpaired) electrons. The number of hydroxylamine groups is 2. The van der Waals surface area contributed by atoms with E-state index in [1.807, 2.05) is 29.3 Å². The Morgan fingerprint density at radius 2 is 1.45 bits per heavy atom. The van der Waals surface area contributed by atoms with E-state index in [-0.39, 0.29) is 29.4 Å². The number of carbonyl (C=O) groups is 1. The van der Waals surface area contributed by atoms with E-state index in [1.165, 1.54) is 11.1 Å². The predicted molar refractivity (Wildman–Crippen MR) is 136 cm³/mol. The van der Waals surface area contributed by atoms with Gasteiger partial charge in [-0.2, -0.15) is 5.06 Å². The lowest BCUT2D eigenvalue weighted by Crippen LogP contribution is -2.49. The van der Waals surface area contributed by atoms with Crippen LogP contribution in [-0.2, 0) is 14.4 Å². The maximum atomic E-state index is 13.2. The van der Waals surface area contributed by atoms with Crippen molar-refractivity contribution in [3.8, 4) is 0 Å². The Labute approximate surface area is 201 Å². The van der Waals surface area contributed by atoms with Gasteiger partial charge in [-0.25, -0.2) is 4.79 Å². The van der Waals surface area contributed by atoms with Crippen LogP contribution in [-0.4, -0.2) is 29.3 Å². The molecule has 3 unspecified atom stereocenters. The summed E-state index contributed by atoms with van der Waals surface area (Å²) in [6.45, 7) is 15.4. The van der Waals surface area contributed by atoms with Gasteiger partial charge in [-0.05, 0) is 56.6 Å². The van der Waals surface area contributed by atoms with E-state index < -0.39 is 6.10 Å². The molecule has 4 heteroatoms. The first-order valence-electron chi connectivity index (χ1n) is 12.4. The van der Waals surface area contributed by atoms with Gasteiger partial charge < -0.3 is 4.74 Å². The second-order valence-electron chi connectivity index (χ2n) is 10.3. The lowest BCUT2D eigenvalue weighted by molar-refractivity contribution is -0.275. The van der Waals surface area contributed by atoms with Gasteiger partial charge in [-0.1, -0.05) is 94.8 Å². The SMILES string of the molecule is CCCCOC(=O)C(CC(C)c1ccccc1)ON(C(c1ccccc1)C(C)C)C(C)(C)C. The molecule has 2 aromatic carbocycles. The van der Waals surface area contributed by atoms with Crippen molar-refractivity contribution in [1.82, 2.24) is 5.06 Å². The van der Waals surface area contributed by atoms with Crippen LogP contribution in [0, 0.1) is 5.92 Å². The summed E-state index contributed by atoms with van der Waals surface area (Å²) in [6.07, 6.45) is 1.72. The quantitative estimate of drug-likeness (QED) is 0.192. The van der Waals surface area contributed by atoms with Crippen LogP contribution in [0.3, 0.4) is 0 Å². The third-order valence-corrected chi connectivity index (χ3v) is 5.87. The summed E-state index contributed by atoms with van der Waals surface area (Å²) in [6, 6.07) is 20.7. The van der Waals surface area contributed by atoms with E-state index in [9.17, 15) is 4.79 Å². The highest BCUT2D eigenvalue weighted by Gasteiger charge is 2.37. The first-order chi connectivity index (χ1) is 15.6. The number of unbranched alkanes of at least 4 members (excludes halogenated alkanes) is 1. The molecule has 0 heterocycles. The zero-order valence-corrected chi connectivity index (χ0v) is 21.6. The van der Waals surface area contributed by atoms with E-state index in [4.69, 9.17) is 9.57 Å². The molecule has 2 aromatic rings. The van der Waals surface area contributed by atoms with E-state index in [0.29, 0.717) is 13.0 Å². The molecule has 0 N–H and O–H groups in total. The van der Waals surface area contributed by atoms with Crippen LogP contribution in [0.5, 0.6) is 0 Å². The summed E-state index contributed by atoms with van der Waals surface area (Å²) in [5.74, 6) is 0.164. The van der Waals surface area contributed by atoms with E-state index in [2.05, 4.69) is 84.9 Å². The number of hydrogen-bond donors (Lipinski definition) is 0. The molecule has 3 atom stereocenters. The minimum atomic E-state index is -0.679. The number of carbonyl (C=O) groups excluding carboxylic acids is 1. The summed E-state index contributed by atoms with van der Waals surface area (Å²) < 4.78 is 5.65. The minimum Gasteiger partial charge on any atom is -0.464 e. The fraction of sp³-hybridized carbons (Fsp3) is 0.552. The van der Waals surface area contributed by atoms with Crippen molar-refractivity contribution in [1.29, 1.82) is 0 Å². The first-order valence-corrected chi connectivity index (χ1v) is 12.4. The second-order valence-corrected chi connectivity index (χ2v) is 10.3. The molecule has 0 saturated heterocycles. The van der Waals surface area contributed by atoms with Crippen LogP contribution in [0.2, 0.25) is 0 Å². The van der Waals surface area contributed by atoms with Crippen LogP contribution in [0.1, 0.15) is 90.8 Å². The van der Waals surface area contributed by atoms with Crippen molar-refractivity contribution in [3.63, 3.8) is 0 Å². The highest BCUT2D eigenvalue weighted by Crippen LogP contribution is 2.36. The van der Waals surface area contributed by atoms with Crippen LogP contribution in [0.25, 0.3) is 0 Å². The maximum absolute atomic E-state index is 13.2. The Bertz CT molecular complexity index is 814. The molecule has 0 amide bonds. The molecule has 0 saturated carbocycles. The van der Waals surface area contributed by atoms with Gasteiger partial charge in [0.25, 0.3) is 0 Å². The van der Waals surface area contributed by atoms with Crippen LogP contribution >= 0.6 is 0 Å². The van der Waals surface area contributed by atoms with Gasteiger partial charge in [-0.3, -0.25) is 4.84 Å². The van der Waals surface area contributed by atoms with Gasteiger partial charge in [0, 0.05) is 5.54 Å². The highest BCUT2D eigenvalue weighted by atomic mass is 16.7. The predicted octanol–water partition coefficient (Wildman–Crippen LogP) is 7.32. The Hall–Kier alpha value is -2.17. The lowest BCUT2D eigenvalue weighted by Gasteiger charge is -2.44. The summed E-state index contributed by atoms with van der Waals surface area (Å²) in [5, 5.41) is 2.02. The lowest BCUT2D eigenvalue weighted by atomic mass is 9.92. The average molecular weight is 454 g/mol. The number of rotatable bonds is 12. The Morgan fingerprint density at radius 3 is 1.94 bits per heavy atom. The van der Waals surface area contributed by atoms with E-state index >= 15 is 0 Å². The van der Waals surface area contributed by atoms with Gasteiger partial charge in [0.05, 0.1) is 12.6 Å². The largest absolute Gasteiger partial charge is 0.464 e. The first kappa shape index (κ1) is 27.1. The highest BCUT2D eigenvalue weighted by molar-refractivity contribution is 5.74. The molecule has 0 spiro atoms. The fourth-order valence-electron chi connectivity index (χ4n) is 4.05. The zero-order chi connectivity index (χ0) is 24.4. The molecule has 0 aromatic heterocycles. The van der Waals surface area contributed by atoms with Crippen molar-refractivity contribution in [2.75, 3.05) is 6.61 Å². The van der Waals surface area contributed by atoms with Gasteiger partial charge in [0.2, 0.25) is 0 Å². The topological polar surface area (TPSA) is 38.8 Å². The third-order valence-electron chi connectivity index (χ3n) is 5.87. The third kappa shape index (κ3) is 8.28. The second kappa shape index (κ2) is 12.9. The number of ether oxygens (including phenoxy) is 1. The smallest absolute Gasteiger partial charge is 0.337 e. The summed E-state index contributed by atoms with van der Waals surface area (Å²) >= 11 is 0. The van der Waals surface area contributed by atoms with Crippen LogP contribution in [0.4, 0.5) is 0 Å². The van der Waals surface area contributed by atoms with Gasteiger partial charge in [-0.15, -0.1) is 0 Å². The van der Waals surface area contributed by atoms with Crippen molar-refractivity contribution < 1.29 is 14.4 Å². The summed E-state index contributed by atoms with van der Waals surface area (Å²) in [7, 11) is 0. The average Bonchev–Trinajstić information content (AvgIpc) is 2.78. The molecule has 2 rings (SSSR count). The molecule has 0 aliphatic carbocycles. The molecule has 33 heavy (non-hydrogen) atoms. The number of esters is 1. The molecular weight excluding hydrogens is 410 g/mol. The van der Waals surface area contributed by atoms with Crippen LogP contribution < -0.4 is 0 Å². The van der Waals surface area contributed by atoms with Gasteiger partial charge >= 0.3 is 5.97 Å². The number of nitrogens with zero attached hydrogens (tertiary/aromatic N) is 1. The molecule has 0 aliphatic rings. The Balaban J connectivity index is 2.36. The van der Waals surface area contributed by atoms with E-state index in [0.717, 1.165) is 12.8 Å². The zero-order valence-electron chi connectivity index (χ0n) is 21.6. The monoisotopic (exact) mass is 453 g/mol. The molecule has 182 valence electrons. The fourth-order valence-corrected chi connectivity index (χ4v) is 4.05. The standard InChI is InChI=1S/C29H43NO3/c1-8-9-20-32-28(31)26(21-23(4)24-16-12-10-13-17-24)33-30(29(5,6)7)27(22(2)3)25-18-14-11-15-19-25/h10-19,22-23,26-27H,8-9,20-21H2,1-7H3. The molecular formula is C29H43NO3. The molecule has 0 fully saturated rings. The number of benzene rings is 2. The summed E-state index contributed by atoms with van der Waals surface area (Å²) in [5.41, 5.74) is 2.05. The molecule has 4 nitrogen and oxygen atoms in total. The van der Waals surface area contributed by atoms with Crippen molar-refractivity contribution in [3.05, 3.63) is 71.8 Å². The maximum Gasteiger partial charge on any atom is 0.337 e. The van der Waals surface area contributed by atoms with Gasteiger partial charge in [0.15, 0.2) is 6.10 Å². The molecule has 0 bridgehead atoms.